The summed E-state index contributed by atoms with van der Waals surface area (Å²) in [7, 11) is 0. The van der Waals surface area contributed by atoms with Gasteiger partial charge in [-0.05, 0) is 24.3 Å². The van der Waals surface area contributed by atoms with Gasteiger partial charge in [0.25, 0.3) is 5.91 Å². The van der Waals surface area contributed by atoms with Crippen LogP contribution in [0.3, 0.4) is 0 Å². The Labute approximate surface area is 160 Å². The zero-order valence-corrected chi connectivity index (χ0v) is 15.1. The highest BCUT2D eigenvalue weighted by Gasteiger charge is 2.16. The first-order valence-corrected chi connectivity index (χ1v) is 8.80. The molecule has 1 aliphatic heterocycles. The minimum atomic E-state index is -0.520. The number of benzene rings is 2. The molecular formula is C19H18ClFN2O4. The number of ether oxygens (including phenoxy) is 2. The highest BCUT2D eigenvalue weighted by molar-refractivity contribution is 6.33. The Balaban J connectivity index is 1.46. The van der Waals surface area contributed by atoms with Gasteiger partial charge in [-0.25, -0.2) is 4.39 Å². The van der Waals surface area contributed by atoms with Crippen LogP contribution in [0.15, 0.2) is 36.4 Å². The van der Waals surface area contributed by atoms with Crippen molar-refractivity contribution in [1.29, 1.82) is 0 Å². The zero-order valence-electron chi connectivity index (χ0n) is 14.4. The highest BCUT2D eigenvalue weighted by atomic mass is 35.5. The number of hydrogen-bond acceptors (Lipinski definition) is 4. The number of amides is 2. The van der Waals surface area contributed by atoms with Gasteiger partial charge in [-0.3, -0.25) is 9.59 Å². The molecule has 1 aliphatic rings. The summed E-state index contributed by atoms with van der Waals surface area (Å²) in [6.45, 7) is 1.39. The van der Waals surface area contributed by atoms with Crippen molar-refractivity contribution in [1.82, 2.24) is 10.6 Å². The fourth-order valence-corrected chi connectivity index (χ4v) is 2.87. The van der Waals surface area contributed by atoms with Gasteiger partial charge in [-0.1, -0.05) is 23.7 Å². The summed E-state index contributed by atoms with van der Waals surface area (Å²) in [5, 5.41) is 5.39. The number of rotatable bonds is 6. The van der Waals surface area contributed by atoms with Gasteiger partial charge in [0.05, 0.1) is 10.6 Å². The predicted molar refractivity (Wildman–Crippen MR) is 97.6 cm³/mol. The molecule has 0 saturated heterocycles. The largest absolute Gasteiger partial charge is 0.486 e. The third-order valence-electron chi connectivity index (χ3n) is 3.94. The van der Waals surface area contributed by atoms with E-state index in [2.05, 4.69) is 10.6 Å². The lowest BCUT2D eigenvalue weighted by atomic mass is 10.1. The maximum atomic E-state index is 13.0. The lowest BCUT2D eigenvalue weighted by molar-refractivity contribution is -0.121. The second-order valence-corrected chi connectivity index (χ2v) is 6.26. The Morgan fingerprint density at radius 1 is 1.11 bits per heavy atom. The zero-order chi connectivity index (χ0) is 19.2. The van der Waals surface area contributed by atoms with Crippen LogP contribution in [0.5, 0.6) is 11.5 Å². The van der Waals surface area contributed by atoms with Gasteiger partial charge in [0.2, 0.25) is 5.91 Å². The number of halogens is 2. The van der Waals surface area contributed by atoms with Crippen molar-refractivity contribution in [2.75, 3.05) is 19.8 Å². The van der Waals surface area contributed by atoms with Crippen LogP contribution in [0.4, 0.5) is 4.39 Å². The first-order valence-electron chi connectivity index (χ1n) is 8.42. The molecule has 0 bridgehead atoms. The van der Waals surface area contributed by atoms with E-state index in [0.717, 1.165) is 17.7 Å². The van der Waals surface area contributed by atoms with Gasteiger partial charge in [-0.2, -0.15) is 0 Å². The minimum Gasteiger partial charge on any atom is -0.486 e. The van der Waals surface area contributed by atoms with Crippen molar-refractivity contribution in [2.45, 2.75) is 13.0 Å². The lowest BCUT2D eigenvalue weighted by Crippen LogP contribution is -2.31. The van der Waals surface area contributed by atoms with E-state index in [1.807, 2.05) is 18.2 Å². The summed E-state index contributed by atoms with van der Waals surface area (Å²) >= 11 is 5.84. The van der Waals surface area contributed by atoms with Crippen LogP contribution in [0.2, 0.25) is 5.02 Å². The van der Waals surface area contributed by atoms with E-state index in [1.165, 1.54) is 6.07 Å². The van der Waals surface area contributed by atoms with Crippen LogP contribution >= 0.6 is 11.6 Å². The van der Waals surface area contributed by atoms with E-state index >= 15 is 0 Å². The molecule has 0 saturated carbocycles. The van der Waals surface area contributed by atoms with Crippen molar-refractivity contribution in [3.63, 3.8) is 0 Å². The molecule has 0 spiro atoms. The summed E-state index contributed by atoms with van der Waals surface area (Å²) < 4.78 is 24.1. The molecule has 2 aromatic rings. The number of carbonyl (C=O) groups is 2. The van der Waals surface area contributed by atoms with E-state index in [9.17, 15) is 14.0 Å². The summed E-state index contributed by atoms with van der Waals surface area (Å²) in [6, 6.07) is 9.02. The van der Waals surface area contributed by atoms with E-state index in [0.29, 0.717) is 31.3 Å². The SMILES string of the molecule is O=C(CCNC(=O)c1ccc(F)cc1Cl)NCc1cccc2c1OCCO2. The Morgan fingerprint density at radius 2 is 1.93 bits per heavy atom. The fraction of sp³-hybridized carbons (Fsp3) is 0.263. The molecule has 0 atom stereocenters. The molecule has 27 heavy (non-hydrogen) atoms. The smallest absolute Gasteiger partial charge is 0.252 e. The average molecular weight is 393 g/mol. The van der Waals surface area contributed by atoms with Gasteiger partial charge in [0, 0.05) is 25.1 Å². The standard InChI is InChI=1S/C19H18ClFN2O4/c20-15-10-13(21)4-5-14(15)19(25)22-7-6-17(24)23-11-12-2-1-3-16-18(12)27-9-8-26-16/h1-5,10H,6-9,11H2,(H,22,25)(H,23,24). The number of hydrogen-bond donors (Lipinski definition) is 2. The fourth-order valence-electron chi connectivity index (χ4n) is 2.61. The molecule has 2 aromatic carbocycles. The maximum absolute atomic E-state index is 13.0. The third kappa shape index (κ3) is 4.89. The predicted octanol–water partition coefficient (Wildman–Crippen LogP) is 2.69. The normalized spacial score (nSPS) is 12.4. The maximum Gasteiger partial charge on any atom is 0.252 e. The molecule has 0 radical (unpaired) electrons. The molecule has 0 aliphatic carbocycles. The summed E-state index contributed by atoms with van der Waals surface area (Å²) in [4.78, 5) is 24.0. The van der Waals surface area contributed by atoms with Crippen molar-refractivity contribution >= 4 is 23.4 Å². The number of fused-ring (bicyclic) bond motifs is 1. The average Bonchev–Trinajstić information content (AvgIpc) is 2.66. The van der Waals surface area contributed by atoms with Crippen LogP contribution < -0.4 is 20.1 Å². The van der Waals surface area contributed by atoms with Gasteiger partial charge < -0.3 is 20.1 Å². The lowest BCUT2D eigenvalue weighted by Gasteiger charge is -2.21. The first kappa shape index (κ1) is 19.0. The number of nitrogens with one attached hydrogen (secondary N) is 2. The van der Waals surface area contributed by atoms with Crippen molar-refractivity contribution < 1.29 is 23.5 Å². The molecule has 0 fully saturated rings. The highest BCUT2D eigenvalue weighted by Crippen LogP contribution is 2.33. The quantitative estimate of drug-likeness (QED) is 0.792. The van der Waals surface area contributed by atoms with Gasteiger partial charge in [-0.15, -0.1) is 0 Å². The first-order chi connectivity index (χ1) is 13.0. The number of carbonyl (C=O) groups excluding carboxylic acids is 2. The van der Waals surface area contributed by atoms with Crippen LogP contribution in [0.1, 0.15) is 22.3 Å². The van der Waals surface area contributed by atoms with Crippen LogP contribution in [0, 0.1) is 5.82 Å². The summed E-state index contributed by atoms with van der Waals surface area (Å²) in [5.41, 5.74) is 0.981. The van der Waals surface area contributed by atoms with Crippen LogP contribution in [-0.4, -0.2) is 31.6 Å². The molecule has 2 amide bonds. The second kappa shape index (κ2) is 8.73. The van der Waals surface area contributed by atoms with Crippen molar-refractivity contribution in [3.05, 3.63) is 58.4 Å². The summed E-state index contributed by atoms with van der Waals surface area (Å²) in [5.74, 6) is 0.0958. The molecule has 0 unspecified atom stereocenters. The van der Waals surface area contributed by atoms with Gasteiger partial charge in [0.15, 0.2) is 11.5 Å². The molecular weight excluding hydrogens is 375 g/mol. The van der Waals surface area contributed by atoms with Crippen LogP contribution in [0.25, 0.3) is 0 Å². The van der Waals surface area contributed by atoms with E-state index in [1.54, 1.807) is 0 Å². The van der Waals surface area contributed by atoms with Crippen molar-refractivity contribution in [3.8, 4) is 11.5 Å². The molecule has 1 heterocycles. The van der Waals surface area contributed by atoms with E-state index in [-0.39, 0.29) is 29.5 Å². The molecule has 6 nitrogen and oxygen atoms in total. The topological polar surface area (TPSA) is 76.7 Å². The Kier molecular flexibility index (Phi) is 6.13. The molecule has 8 heteroatoms. The van der Waals surface area contributed by atoms with Crippen molar-refractivity contribution in [2.24, 2.45) is 0 Å². The van der Waals surface area contributed by atoms with Crippen LogP contribution in [-0.2, 0) is 11.3 Å². The van der Waals surface area contributed by atoms with E-state index < -0.39 is 11.7 Å². The summed E-state index contributed by atoms with van der Waals surface area (Å²) in [6.07, 6.45) is 0.0942. The van der Waals surface area contributed by atoms with Gasteiger partial charge in [0.1, 0.15) is 19.0 Å². The minimum absolute atomic E-state index is 0.0213. The Hall–Kier alpha value is -2.80. The molecule has 2 N–H and O–H groups in total. The monoisotopic (exact) mass is 392 g/mol. The van der Waals surface area contributed by atoms with Gasteiger partial charge >= 0.3 is 0 Å². The van der Waals surface area contributed by atoms with E-state index in [4.69, 9.17) is 21.1 Å². The third-order valence-corrected chi connectivity index (χ3v) is 4.25. The molecule has 0 aromatic heterocycles. The Morgan fingerprint density at radius 3 is 2.74 bits per heavy atom. The molecule has 3 rings (SSSR count). The second-order valence-electron chi connectivity index (χ2n) is 5.85. The number of para-hydroxylation sites is 1. The molecule has 142 valence electrons. The Bertz CT molecular complexity index is 860.